The molecule has 1 saturated heterocycles. The van der Waals surface area contributed by atoms with Gasteiger partial charge in [0.05, 0.1) is 41.0 Å². The number of hydrogen-bond acceptors (Lipinski definition) is 6. The van der Waals surface area contributed by atoms with Crippen LogP contribution in [0.2, 0.25) is 0 Å². The lowest BCUT2D eigenvalue weighted by Crippen LogP contribution is -2.47. The monoisotopic (exact) mass is 530 g/mol. The zero-order chi connectivity index (χ0) is 27.9. The second-order valence-corrected chi connectivity index (χ2v) is 10.7. The van der Waals surface area contributed by atoms with Gasteiger partial charge in [0, 0.05) is 36.9 Å². The molecule has 0 unspecified atom stereocenters. The number of amides is 1. The Kier molecular flexibility index (Phi) is 7.13. The standard InChI is InChI=1S/C30H35FN6O2/c1-7-25(35-28(30(3,4)36(5)6)18(2)19-11-13-39-17-19)34-23-9-8-21(22-15-33-29(38)27(22)23)24-16-32-26-14-20(31)10-12-37(24)26/h7-10,12,14,16,19,34H,2,11,13,15,17H2,1,3-6H3,(H,33,38)/b25-7-,35-28+/t19-/m0/s1. The highest BCUT2D eigenvalue weighted by Gasteiger charge is 2.34. The fraction of sp³-hybridized carbons (Fsp3) is 0.367. The number of rotatable bonds is 8. The van der Waals surface area contributed by atoms with Crippen molar-refractivity contribution in [1.29, 1.82) is 0 Å². The van der Waals surface area contributed by atoms with Crippen LogP contribution in [0.4, 0.5) is 10.1 Å². The van der Waals surface area contributed by atoms with Gasteiger partial charge in [0.1, 0.15) is 17.3 Å². The molecule has 1 fully saturated rings. The van der Waals surface area contributed by atoms with Crippen LogP contribution in [0.15, 0.2) is 65.7 Å². The number of ether oxygens (including phenoxy) is 1. The van der Waals surface area contributed by atoms with Gasteiger partial charge in [-0.2, -0.15) is 0 Å². The summed E-state index contributed by atoms with van der Waals surface area (Å²) in [5, 5.41) is 6.37. The summed E-state index contributed by atoms with van der Waals surface area (Å²) in [5.74, 6) is 0.338. The molecule has 2 N–H and O–H groups in total. The molecular formula is C30H35FN6O2. The van der Waals surface area contributed by atoms with E-state index in [0.29, 0.717) is 35.9 Å². The van der Waals surface area contributed by atoms with E-state index in [0.717, 1.165) is 41.1 Å². The minimum Gasteiger partial charge on any atom is -0.381 e. The van der Waals surface area contributed by atoms with Gasteiger partial charge in [-0.05, 0) is 70.6 Å². The topological polar surface area (TPSA) is 83.3 Å². The summed E-state index contributed by atoms with van der Waals surface area (Å²) in [4.78, 5) is 24.6. The first-order valence-corrected chi connectivity index (χ1v) is 13.2. The van der Waals surface area contributed by atoms with Crippen molar-refractivity contribution in [2.75, 3.05) is 32.6 Å². The number of anilines is 1. The van der Waals surface area contributed by atoms with Crippen LogP contribution in [-0.2, 0) is 11.3 Å². The normalized spacial score (nSPS) is 18.1. The molecule has 0 saturated carbocycles. The number of halogens is 1. The molecule has 1 atom stereocenters. The molecule has 4 heterocycles. The average Bonchev–Trinajstić information content (AvgIpc) is 3.66. The molecule has 0 radical (unpaired) electrons. The number of pyridine rings is 1. The lowest BCUT2D eigenvalue weighted by molar-refractivity contribution is 0.0966. The summed E-state index contributed by atoms with van der Waals surface area (Å²) in [7, 11) is 4.06. The van der Waals surface area contributed by atoms with Crippen molar-refractivity contribution in [3.05, 3.63) is 77.7 Å². The smallest absolute Gasteiger partial charge is 0.254 e. The van der Waals surface area contributed by atoms with E-state index in [1.54, 1.807) is 12.4 Å². The van der Waals surface area contributed by atoms with Gasteiger partial charge in [-0.15, -0.1) is 0 Å². The van der Waals surface area contributed by atoms with Crippen LogP contribution in [0.5, 0.6) is 0 Å². The Morgan fingerprint density at radius 1 is 1.36 bits per heavy atom. The summed E-state index contributed by atoms with van der Waals surface area (Å²) < 4.78 is 21.2. The van der Waals surface area contributed by atoms with Crippen molar-refractivity contribution >= 4 is 23.0 Å². The van der Waals surface area contributed by atoms with Gasteiger partial charge >= 0.3 is 0 Å². The molecule has 0 aliphatic carbocycles. The highest BCUT2D eigenvalue weighted by Crippen LogP contribution is 2.35. The van der Waals surface area contributed by atoms with Crippen molar-refractivity contribution in [2.24, 2.45) is 10.9 Å². The van der Waals surface area contributed by atoms with Crippen LogP contribution in [0.25, 0.3) is 16.9 Å². The van der Waals surface area contributed by atoms with E-state index in [4.69, 9.17) is 9.73 Å². The largest absolute Gasteiger partial charge is 0.381 e. The van der Waals surface area contributed by atoms with Gasteiger partial charge < -0.3 is 15.4 Å². The molecule has 204 valence electrons. The Bertz CT molecular complexity index is 1510. The lowest BCUT2D eigenvalue weighted by Gasteiger charge is -2.36. The second-order valence-electron chi connectivity index (χ2n) is 10.7. The van der Waals surface area contributed by atoms with E-state index in [1.165, 1.54) is 12.1 Å². The van der Waals surface area contributed by atoms with E-state index in [1.807, 2.05) is 43.6 Å². The predicted molar refractivity (Wildman–Crippen MR) is 152 cm³/mol. The van der Waals surface area contributed by atoms with Crippen LogP contribution in [0.3, 0.4) is 0 Å². The zero-order valence-corrected chi connectivity index (χ0v) is 23.1. The Balaban J connectivity index is 1.54. The van der Waals surface area contributed by atoms with Crippen molar-refractivity contribution in [2.45, 2.75) is 39.3 Å². The van der Waals surface area contributed by atoms with E-state index >= 15 is 0 Å². The Hall–Kier alpha value is -3.82. The molecule has 0 bridgehead atoms. The zero-order valence-electron chi connectivity index (χ0n) is 23.1. The SMILES string of the molecule is C=C(/C(=N\C(=C/C)Nc1ccc(-c2cnc3cc(F)ccn23)c2c1C(=O)NC2)C(C)(C)N(C)C)[C@H]1CCOC1. The molecule has 39 heavy (non-hydrogen) atoms. The van der Waals surface area contributed by atoms with E-state index in [-0.39, 0.29) is 23.2 Å². The number of benzene rings is 1. The fourth-order valence-corrected chi connectivity index (χ4v) is 5.09. The molecule has 0 spiro atoms. The third-order valence-corrected chi connectivity index (χ3v) is 7.91. The average molecular weight is 531 g/mol. The molecule has 2 aliphatic heterocycles. The number of carbonyl (C=O) groups excluding carboxylic acids is 1. The van der Waals surface area contributed by atoms with Crippen molar-refractivity contribution < 1.29 is 13.9 Å². The first-order valence-electron chi connectivity index (χ1n) is 13.2. The van der Waals surface area contributed by atoms with E-state index in [2.05, 4.69) is 40.9 Å². The number of fused-ring (bicyclic) bond motifs is 2. The van der Waals surface area contributed by atoms with E-state index < -0.39 is 0 Å². The van der Waals surface area contributed by atoms with Crippen molar-refractivity contribution in [3.8, 4) is 11.3 Å². The number of aromatic nitrogens is 2. The highest BCUT2D eigenvalue weighted by molar-refractivity contribution is 6.08. The van der Waals surface area contributed by atoms with Crippen LogP contribution >= 0.6 is 0 Å². The molecule has 1 aromatic carbocycles. The molecule has 2 aliphatic rings. The quantitative estimate of drug-likeness (QED) is 0.399. The summed E-state index contributed by atoms with van der Waals surface area (Å²) in [6.45, 7) is 12.4. The predicted octanol–water partition coefficient (Wildman–Crippen LogP) is 5.03. The van der Waals surface area contributed by atoms with Gasteiger partial charge in [-0.25, -0.2) is 14.4 Å². The number of allylic oxidation sites excluding steroid dienone is 1. The summed E-state index contributed by atoms with van der Waals surface area (Å²) in [5.41, 5.74) is 5.70. The first kappa shape index (κ1) is 26.8. The van der Waals surface area contributed by atoms with Crippen LogP contribution in [-0.4, -0.2) is 58.8 Å². The maximum absolute atomic E-state index is 13.7. The summed E-state index contributed by atoms with van der Waals surface area (Å²) in [6.07, 6.45) is 6.18. The molecule has 9 heteroatoms. The number of nitrogens with one attached hydrogen (secondary N) is 2. The van der Waals surface area contributed by atoms with Crippen LogP contribution in [0, 0.1) is 11.7 Å². The fourth-order valence-electron chi connectivity index (χ4n) is 5.09. The molecule has 3 aromatic rings. The Morgan fingerprint density at radius 3 is 2.85 bits per heavy atom. The molecule has 2 aromatic heterocycles. The number of imidazole rings is 1. The van der Waals surface area contributed by atoms with E-state index in [9.17, 15) is 9.18 Å². The highest BCUT2D eigenvalue weighted by atomic mass is 19.1. The minimum absolute atomic E-state index is 0.157. The third-order valence-electron chi connectivity index (χ3n) is 7.91. The minimum atomic E-state index is -0.388. The van der Waals surface area contributed by atoms with Crippen molar-refractivity contribution in [3.63, 3.8) is 0 Å². The third kappa shape index (κ3) is 4.88. The van der Waals surface area contributed by atoms with Crippen molar-refractivity contribution in [1.82, 2.24) is 19.6 Å². The lowest BCUT2D eigenvalue weighted by atomic mass is 9.84. The number of aliphatic imine (C=N–C) groups is 1. The Labute approximate surface area is 228 Å². The van der Waals surface area contributed by atoms with Gasteiger partial charge in [-0.3, -0.25) is 14.1 Å². The summed E-state index contributed by atoms with van der Waals surface area (Å²) in [6, 6.07) is 6.63. The summed E-state index contributed by atoms with van der Waals surface area (Å²) >= 11 is 0. The number of hydrogen-bond donors (Lipinski definition) is 2. The van der Waals surface area contributed by atoms with Gasteiger partial charge in [0.15, 0.2) is 0 Å². The van der Waals surface area contributed by atoms with Gasteiger partial charge in [0.2, 0.25) is 0 Å². The van der Waals surface area contributed by atoms with Gasteiger partial charge in [0.25, 0.3) is 5.91 Å². The molecular weight excluding hydrogens is 495 g/mol. The maximum Gasteiger partial charge on any atom is 0.254 e. The van der Waals surface area contributed by atoms with Crippen LogP contribution in [0.1, 0.15) is 43.1 Å². The second kappa shape index (κ2) is 10.4. The molecule has 1 amide bonds. The maximum atomic E-state index is 13.7. The van der Waals surface area contributed by atoms with Crippen LogP contribution < -0.4 is 10.6 Å². The Morgan fingerprint density at radius 2 is 2.15 bits per heavy atom. The number of nitrogens with zero attached hydrogens (tertiary/aromatic N) is 4. The number of carbonyl (C=O) groups is 1. The first-order chi connectivity index (χ1) is 18.6. The van der Waals surface area contributed by atoms with Gasteiger partial charge in [-0.1, -0.05) is 12.6 Å². The molecule has 8 nitrogen and oxygen atoms in total. The molecule has 5 rings (SSSR count).